The van der Waals surface area contributed by atoms with Gasteiger partial charge in [-0.25, -0.2) is 15.0 Å². The molecule has 0 atom stereocenters. The summed E-state index contributed by atoms with van der Waals surface area (Å²) in [4.78, 5) is 14.4. The SMILES string of the molecule is c1ccc2[nH]cnc2c1.c1cncnc1. The number of H-pyrrole nitrogens is 1. The van der Waals surface area contributed by atoms with E-state index in [2.05, 4.69) is 19.9 Å². The lowest BCUT2D eigenvalue weighted by Crippen LogP contribution is -1.66. The molecule has 0 spiro atoms. The first kappa shape index (κ1) is 9.33. The molecule has 1 aromatic carbocycles. The van der Waals surface area contributed by atoms with E-state index in [4.69, 9.17) is 0 Å². The summed E-state index contributed by atoms with van der Waals surface area (Å²) >= 11 is 0. The Morgan fingerprint density at radius 2 is 1.73 bits per heavy atom. The molecule has 15 heavy (non-hydrogen) atoms. The minimum absolute atomic E-state index is 1.03. The van der Waals surface area contributed by atoms with Gasteiger partial charge in [0.1, 0.15) is 6.33 Å². The maximum Gasteiger partial charge on any atom is 0.115 e. The smallest absolute Gasteiger partial charge is 0.115 e. The van der Waals surface area contributed by atoms with Gasteiger partial charge in [0.15, 0.2) is 0 Å². The molecule has 0 bridgehead atoms. The Balaban J connectivity index is 0.000000124. The van der Waals surface area contributed by atoms with Gasteiger partial charge in [0, 0.05) is 12.4 Å². The number of fused-ring (bicyclic) bond motifs is 1. The van der Waals surface area contributed by atoms with Crippen LogP contribution in [-0.4, -0.2) is 19.9 Å². The quantitative estimate of drug-likeness (QED) is 0.601. The van der Waals surface area contributed by atoms with Crippen LogP contribution in [0, 0.1) is 0 Å². The number of rotatable bonds is 0. The fourth-order valence-electron chi connectivity index (χ4n) is 1.13. The molecule has 0 saturated carbocycles. The lowest BCUT2D eigenvalue weighted by molar-refractivity contribution is 1.17. The Labute approximate surface area is 87.0 Å². The van der Waals surface area contributed by atoms with Gasteiger partial charge in [0.25, 0.3) is 0 Å². The highest BCUT2D eigenvalue weighted by atomic mass is 14.9. The molecule has 3 aromatic rings. The summed E-state index contributed by atoms with van der Waals surface area (Å²) in [5.74, 6) is 0. The first-order chi connectivity index (χ1) is 7.47. The van der Waals surface area contributed by atoms with E-state index >= 15 is 0 Å². The first-order valence-electron chi connectivity index (χ1n) is 4.55. The summed E-state index contributed by atoms with van der Waals surface area (Å²) in [6.45, 7) is 0. The van der Waals surface area contributed by atoms with E-state index in [0.29, 0.717) is 0 Å². The van der Waals surface area contributed by atoms with Crippen molar-refractivity contribution in [2.45, 2.75) is 0 Å². The number of aromatic amines is 1. The maximum atomic E-state index is 4.06. The second-order valence-corrected chi connectivity index (χ2v) is 2.82. The van der Waals surface area contributed by atoms with Gasteiger partial charge in [-0.1, -0.05) is 12.1 Å². The third-order valence-corrected chi connectivity index (χ3v) is 1.81. The first-order valence-corrected chi connectivity index (χ1v) is 4.55. The molecule has 0 fully saturated rings. The van der Waals surface area contributed by atoms with Crippen molar-refractivity contribution in [2.75, 3.05) is 0 Å². The summed E-state index contributed by atoms with van der Waals surface area (Å²) < 4.78 is 0. The Morgan fingerprint density at radius 3 is 2.33 bits per heavy atom. The second kappa shape index (κ2) is 4.85. The van der Waals surface area contributed by atoms with Crippen molar-refractivity contribution in [3.05, 3.63) is 55.4 Å². The van der Waals surface area contributed by atoms with Gasteiger partial charge < -0.3 is 4.98 Å². The van der Waals surface area contributed by atoms with Crippen molar-refractivity contribution in [3.8, 4) is 0 Å². The van der Waals surface area contributed by atoms with Gasteiger partial charge in [0.2, 0.25) is 0 Å². The minimum atomic E-state index is 1.03. The van der Waals surface area contributed by atoms with Crippen LogP contribution in [0.25, 0.3) is 11.0 Å². The van der Waals surface area contributed by atoms with E-state index < -0.39 is 0 Å². The minimum Gasteiger partial charge on any atom is -0.345 e. The van der Waals surface area contributed by atoms with Gasteiger partial charge in [0.05, 0.1) is 17.4 Å². The number of imidazole rings is 1. The zero-order chi connectivity index (χ0) is 10.3. The number of nitrogens with zero attached hydrogens (tertiary/aromatic N) is 3. The molecule has 0 saturated heterocycles. The van der Waals surface area contributed by atoms with Crippen LogP contribution in [0.4, 0.5) is 0 Å². The molecular weight excluding hydrogens is 188 g/mol. The van der Waals surface area contributed by atoms with Gasteiger partial charge in [-0.3, -0.25) is 0 Å². The summed E-state index contributed by atoms with van der Waals surface area (Å²) in [5, 5.41) is 0. The van der Waals surface area contributed by atoms with Crippen LogP contribution in [0.5, 0.6) is 0 Å². The topological polar surface area (TPSA) is 54.5 Å². The standard InChI is InChI=1S/C7H6N2.C4H4N2/c1-2-4-7-6(3-1)8-5-9-7;1-2-5-4-6-3-1/h1-5H,(H,8,9);1-4H. The van der Waals surface area contributed by atoms with E-state index in [9.17, 15) is 0 Å². The molecule has 0 radical (unpaired) electrons. The normalized spacial score (nSPS) is 9.33. The Kier molecular flexibility index (Phi) is 3.02. The molecule has 0 aliphatic carbocycles. The van der Waals surface area contributed by atoms with Crippen LogP contribution < -0.4 is 0 Å². The molecule has 2 heterocycles. The third kappa shape index (κ3) is 2.60. The highest BCUT2D eigenvalue weighted by Gasteiger charge is 1.88. The molecule has 2 aromatic heterocycles. The Bertz CT molecular complexity index is 447. The number of aromatic nitrogens is 4. The van der Waals surface area contributed by atoms with Crippen molar-refractivity contribution in [1.29, 1.82) is 0 Å². The fraction of sp³-hybridized carbons (Fsp3) is 0. The highest BCUT2D eigenvalue weighted by molar-refractivity contribution is 5.73. The number of nitrogens with one attached hydrogen (secondary N) is 1. The zero-order valence-corrected chi connectivity index (χ0v) is 8.04. The Hall–Kier alpha value is -2.23. The molecule has 0 unspecified atom stereocenters. The van der Waals surface area contributed by atoms with Crippen LogP contribution >= 0.6 is 0 Å². The summed E-state index contributed by atoms with van der Waals surface area (Å²) in [5.41, 5.74) is 2.12. The average Bonchev–Trinajstić information content (AvgIpc) is 2.80. The van der Waals surface area contributed by atoms with Crippen LogP contribution in [0.3, 0.4) is 0 Å². The summed E-state index contributed by atoms with van der Waals surface area (Å²) in [7, 11) is 0. The van der Waals surface area contributed by atoms with Gasteiger partial charge in [-0.05, 0) is 18.2 Å². The molecule has 0 aliphatic rings. The average molecular weight is 198 g/mol. The monoisotopic (exact) mass is 198 g/mol. The van der Waals surface area contributed by atoms with Crippen LogP contribution in [0.2, 0.25) is 0 Å². The maximum absolute atomic E-state index is 4.06. The van der Waals surface area contributed by atoms with Gasteiger partial charge in [-0.15, -0.1) is 0 Å². The highest BCUT2D eigenvalue weighted by Crippen LogP contribution is 2.05. The number of para-hydroxylation sites is 2. The predicted octanol–water partition coefficient (Wildman–Crippen LogP) is 2.04. The number of benzene rings is 1. The van der Waals surface area contributed by atoms with Crippen LogP contribution in [0.1, 0.15) is 0 Å². The van der Waals surface area contributed by atoms with Crippen molar-refractivity contribution in [2.24, 2.45) is 0 Å². The van der Waals surface area contributed by atoms with E-state index in [1.807, 2.05) is 24.3 Å². The lowest BCUT2D eigenvalue weighted by Gasteiger charge is -1.81. The molecule has 74 valence electrons. The van der Waals surface area contributed by atoms with Crippen LogP contribution in [-0.2, 0) is 0 Å². The van der Waals surface area contributed by atoms with Gasteiger partial charge in [-0.2, -0.15) is 0 Å². The van der Waals surface area contributed by atoms with E-state index in [1.165, 1.54) is 6.33 Å². The van der Waals surface area contributed by atoms with E-state index in [0.717, 1.165) is 11.0 Å². The number of hydrogen-bond acceptors (Lipinski definition) is 3. The molecule has 3 rings (SSSR count). The van der Waals surface area contributed by atoms with Crippen molar-refractivity contribution in [3.63, 3.8) is 0 Å². The Morgan fingerprint density at radius 1 is 0.933 bits per heavy atom. The molecule has 1 N–H and O–H groups in total. The van der Waals surface area contributed by atoms with Crippen molar-refractivity contribution < 1.29 is 0 Å². The molecular formula is C11H10N4. The van der Waals surface area contributed by atoms with Crippen molar-refractivity contribution >= 4 is 11.0 Å². The number of hydrogen-bond donors (Lipinski definition) is 1. The second-order valence-electron chi connectivity index (χ2n) is 2.82. The third-order valence-electron chi connectivity index (χ3n) is 1.81. The van der Waals surface area contributed by atoms with Crippen molar-refractivity contribution in [1.82, 2.24) is 19.9 Å². The predicted molar refractivity (Wildman–Crippen MR) is 58.1 cm³/mol. The lowest BCUT2D eigenvalue weighted by atomic mass is 10.3. The fourth-order valence-corrected chi connectivity index (χ4v) is 1.13. The summed E-state index contributed by atoms with van der Waals surface area (Å²) in [6.07, 6.45) is 6.57. The van der Waals surface area contributed by atoms with Crippen LogP contribution in [0.15, 0.2) is 55.4 Å². The molecule has 4 nitrogen and oxygen atoms in total. The van der Waals surface area contributed by atoms with E-state index in [-0.39, 0.29) is 0 Å². The molecule has 0 aliphatic heterocycles. The molecule has 4 heteroatoms. The largest absolute Gasteiger partial charge is 0.345 e. The van der Waals surface area contributed by atoms with Gasteiger partial charge >= 0.3 is 0 Å². The summed E-state index contributed by atoms with van der Waals surface area (Å²) in [6, 6.07) is 9.72. The molecule has 0 amide bonds. The zero-order valence-electron chi connectivity index (χ0n) is 8.04. The van der Waals surface area contributed by atoms with E-state index in [1.54, 1.807) is 24.8 Å².